The molecule has 1 heterocycles. The Morgan fingerprint density at radius 3 is 2.72 bits per heavy atom. The van der Waals surface area contributed by atoms with Gasteiger partial charge in [-0.2, -0.15) is 0 Å². The molecule has 0 aliphatic carbocycles. The van der Waals surface area contributed by atoms with Crippen LogP contribution in [0.1, 0.15) is 15.9 Å². The molecule has 0 fully saturated rings. The van der Waals surface area contributed by atoms with E-state index in [1.165, 1.54) is 19.2 Å². The Kier molecular flexibility index (Phi) is 4.56. The van der Waals surface area contributed by atoms with Crippen molar-refractivity contribution in [3.05, 3.63) is 69.9 Å². The van der Waals surface area contributed by atoms with E-state index < -0.39 is 4.92 Å². The minimum Gasteiger partial charge on any atom is -0.496 e. The Labute approximate surface area is 143 Å². The van der Waals surface area contributed by atoms with E-state index in [9.17, 15) is 14.9 Å². The Morgan fingerprint density at radius 2 is 2.00 bits per heavy atom. The van der Waals surface area contributed by atoms with Gasteiger partial charge in [0, 0.05) is 23.4 Å². The fourth-order valence-electron chi connectivity index (χ4n) is 2.55. The molecule has 3 aromatic rings. The number of aromatic nitrogens is 1. The molecule has 0 amide bonds. The Morgan fingerprint density at radius 1 is 1.20 bits per heavy atom. The highest BCUT2D eigenvalue weighted by Gasteiger charge is 2.16. The molecule has 0 spiro atoms. The lowest BCUT2D eigenvalue weighted by Gasteiger charge is -2.12. The number of nitro benzene ring substituents is 1. The quantitative estimate of drug-likeness (QED) is 0.388. The fourth-order valence-corrected chi connectivity index (χ4v) is 2.55. The number of hydrogen-bond acceptors (Lipinski definition) is 6. The summed E-state index contributed by atoms with van der Waals surface area (Å²) in [6.07, 6.45) is 2.29. The first kappa shape index (κ1) is 16.4. The first-order valence-corrected chi connectivity index (χ1v) is 7.41. The molecule has 126 valence electrons. The van der Waals surface area contributed by atoms with Crippen LogP contribution in [-0.2, 0) is 6.61 Å². The smallest absolute Gasteiger partial charge is 0.279 e. The average molecular weight is 338 g/mol. The van der Waals surface area contributed by atoms with Gasteiger partial charge in [0.15, 0.2) is 0 Å². The molecule has 3 rings (SSSR count). The molecule has 2 aromatic carbocycles. The van der Waals surface area contributed by atoms with E-state index in [1.807, 2.05) is 0 Å². The minimum absolute atomic E-state index is 0.0315. The summed E-state index contributed by atoms with van der Waals surface area (Å²) < 4.78 is 11.1. The zero-order chi connectivity index (χ0) is 17.8. The van der Waals surface area contributed by atoms with Gasteiger partial charge in [0.2, 0.25) is 0 Å². The summed E-state index contributed by atoms with van der Waals surface area (Å²) >= 11 is 0. The van der Waals surface area contributed by atoms with Gasteiger partial charge in [-0.25, -0.2) is 0 Å². The number of nitro groups is 1. The number of aldehydes is 1. The topological polar surface area (TPSA) is 91.6 Å². The highest BCUT2D eigenvalue weighted by atomic mass is 16.6. The number of ether oxygens (including phenoxy) is 2. The molecule has 0 aliphatic rings. The summed E-state index contributed by atoms with van der Waals surface area (Å²) in [6.45, 7) is 0.133. The van der Waals surface area contributed by atoms with Crippen LogP contribution in [0.25, 0.3) is 10.9 Å². The monoisotopic (exact) mass is 338 g/mol. The van der Waals surface area contributed by atoms with E-state index in [0.717, 1.165) is 6.29 Å². The predicted molar refractivity (Wildman–Crippen MR) is 91.1 cm³/mol. The summed E-state index contributed by atoms with van der Waals surface area (Å²) in [7, 11) is 1.53. The number of rotatable bonds is 6. The lowest BCUT2D eigenvalue weighted by Crippen LogP contribution is -2.01. The van der Waals surface area contributed by atoms with Gasteiger partial charge in [-0.3, -0.25) is 19.9 Å². The van der Waals surface area contributed by atoms with Gasteiger partial charge in [0.1, 0.15) is 29.9 Å². The van der Waals surface area contributed by atoms with Crippen LogP contribution in [0.5, 0.6) is 11.5 Å². The zero-order valence-electron chi connectivity index (χ0n) is 13.3. The number of carbonyl (C=O) groups is 1. The number of fused-ring (bicyclic) bond motifs is 1. The summed E-state index contributed by atoms with van der Waals surface area (Å²) in [5.74, 6) is 1.00. The molecule has 7 heteroatoms. The number of benzene rings is 2. The van der Waals surface area contributed by atoms with Crippen LogP contribution in [0.2, 0.25) is 0 Å². The Hall–Kier alpha value is -3.48. The standard InChI is InChI=1S/C18H14N2O5/c1-24-16-6-4-12(10-21)9-13(16)11-25-17-7-5-15(20(22)23)14-3-2-8-19-18(14)17/h2-10H,11H2,1H3. The van der Waals surface area contributed by atoms with E-state index in [4.69, 9.17) is 9.47 Å². The van der Waals surface area contributed by atoms with Crippen molar-refractivity contribution >= 4 is 22.9 Å². The predicted octanol–water partition coefficient (Wildman–Crippen LogP) is 3.54. The van der Waals surface area contributed by atoms with E-state index in [2.05, 4.69) is 4.98 Å². The van der Waals surface area contributed by atoms with Gasteiger partial charge in [-0.05, 0) is 36.4 Å². The van der Waals surface area contributed by atoms with Crippen molar-refractivity contribution in [2.75, 3.05) is 7.11 Å². The van der Waals surface area contributed by atoms with Crippen molar-refractivity contribution in [1.29, 1.82) is 0 Å². The minimum atomic E-state index is -0.454. The molecule has 0 unspecified atom stereocenters. The van der Waals surface area contributed by atoms with Crippen molar-refractivity contribution in [2.24, 2.45) is 0 Å². The number of nitrogens with zero attached hydrogens (tertiary/aromatic N) is 2. The van der Waals surface area contributed by atoms with E-state index in [0.29, 0.717) is 33.5 Å². The highest BCUT2D eigenvalue weighted by Crippen LogP contribution is 2.32. The molecular formula is C18H14N2O5. The average Bonchev–Trinajstić information content (AvgIpc) is 2.65. The summed E-state index contributed by atoms with van der Waals surface area (Å²) in [4.78, 5) is 25.8. The van der Waals surface area contributed by atoms with E-state index in [-0.39, 0.29) is 12.3 Å². The number of hydrogen-bond donors (Lipinski definition) is 0. The molecular weight excluding hydrogens is 324 g/mol. The SMILES string of the molecule is COc1ccc(C=O)cc1COc1ccc([N+](=O)[O-])c2cccnc12. The number of non-ortho nitro benzene ring substituents is 1. The third-order valence-electron chi connectivity index (χ3n) is 3.73. The molecule has 0 radical (unpaired) electrons. The molecule has 0 N–H and O–H groups in total. The van der Waals surface area contributed by atoms with Crippen LogP contribution in [0.4, 0.5) is 5.69 Å². The van der Waals surface area contributed by atoms with Crippen LogP contribution in [0.3, 0.4) is 0 Å². The molecule has 0 aliphatic heterocycles. The lowest BCUT2D eigenvalue weighted by molar-refractivity contribution is -0.383. The second kappa shape index (κ2) is 6.96. The molecule has 0 atom stereocenters. The normalized spacial score (nSPS) is 10.4. The van der Waals surface area contributed by atoms with Crippen molar-refractivity contribution in [2.45, 2.75) is 6.61 Å². The van der Waals surface area contributed by atoms with Gasteiger partial charge in [0.25, 0.3) is 5.69 Å². The first-order valence-electron chi connectivity index (χ1n) is 7.41. The van der Waals surface area contributed by atoms with Crippen LogP contribution < -0.4 is 9.47 Å². The highest BCUT2D eigenvalue weighted by molar-refractivity contribution is 5.92. The molecule has 0 saturated carbocycles. The Bertz CT molecular complexity index is 955. The van der Waals surface area contributed by atoms with E-state index in [1.54, 1.807) is 36.5 Å². The van der Waals surface area contributed by atoms with E-state index >= 15 is 0 Å². The third kappa shape index (κ3) is 3.25. The van der Waals surface area contributed by atoms with Crippen LogP contribution in [0, 0.1) is 10.1 Å². The molecule has 25 heavy (non-hydrogen) atoms. The van der Waals surface area contributed by atoms with Crippen molar-refractivity contribution in [1.82, 2.24) is 4.98 Å². The maximum atomic E-state index is 11.1. The molecule has 0 saturated heterocycles. The molecule has 1 aromatic heterocycles. The van der Waals surface area contributed by atoms with Gasteiger partial charge >= 0.3 is 0 Å². The second-order valence-corrected chi connectivity index (χ2v) is 5.22. The lowest BCUT2D eigenvalue weighted by atomic mass is 10.1. The van der Waals surface area contributed by atoms with Crippen molar-refractivity contribution in [3.8, 4) is 11.5 Å². The Balaban J connectivity index is 1.96. The summed E-state index contributed by atoms with van der Waals surface area (Å²) in [6, 6.07) is 11.2. The maximum absolute atomic E-state index is 11.1. The van der Waals surface area contributed by atoms with Crippen molar-refractivity contribution in [3.63, 3.8) is 0 Å². The van der Waals surface area contributed by atoms with Crippen molar-refractivity contribution < 1.29 is 19.2 Å². The second-order valence-electron chi connectivity index (χ2n) is 5.22. The molecule has 0 bridgehead atoms. The summed E-state index contributed by atoms with van der Waals surface area (Å²) in [5, 5.41) is 11.5. The van der Waals surface area contributed by atoms with Crippen LogP contribution in [-0.4, -0.2) is 23.3 Å². The number of methoxy groups -OCH3 is 1. The molecule has 7 nitrogen and oxygen atoms in total. The largest absolute Gasteiger partial charge is 0.496 e. The van der Waals surface area contributed by atoms with Crippen LogP contribution in [0.15, 0.2) is 48.7 Å². The van der Waals surface area contributed by atoms with Gasteiger partial charge < -0.3 is 9.47 Å². The number of pyridine rings is 1. The third-order valence-corrected chi connectivity index (χ3v) is 3.73. The fraction of sp³-hybridized carbons (Fsp3) is 0.111. The first-order chi connectivity index (χ1) is 12.1. The van der Waals surface area contributed by atoms with Gasteiger partial charge in [0.05, 0.1) is 17.4 Å². The summed E-state index contributed by atoms with van der Waals surface area (Å²) in [5.41, 5.74) is 1.57. The van der Waals surface area contributed by atoms with Gasteiger partial charge in [-0.1, -0.05) is 0 Å². The zero-order valence-corrected chi connectivity index (χ0v) is 13.3. The number of carbonyl (C=O) groups excluding carboxylic acids is 1. The maximum Gasteiger partial charge on any atom is 0.279 e. The van der Waals surface area contributed by atoms with Gasteiger partial charge in [-0.15, -0.1) is 0 Å². The van der Waals surface area contributed by atoms with Crippen LogP contribution >= 0.6 is 0 Å².